The monoisotopic (exact) mass is 330 g/mol. The molecule has 1 unspecified atom stereocenters. The highest BCUT2D eigenvalue weighted by atomic mass is 35.5. The smallest absolute Gasteiger partial charge is 0.226 e. The Bertz CT molecular complexity index is 701. The molecular formula is C18H19ClN2O2. The molecule has 0 saturated carbocycles. The first-order valence-corrected chi connectivity index (χ1v) is 7.71. The van der Waals surface area contributed by atoms with E-state index >= 15 is 0 Å². The van der Waals surface area contributed by atoms with E-state index in [9.17, 15) is 9.59 Å². The number of anilines is 1. The minimum atomic E-state index is -0.366. The van der Waals surface area contributed by atoms with Crippen LogP contribution in [0.2, 0.25) is 5.02 Å². The summed E-state index contributed by atoms with van der Waals surface area (Å²) in [6.07, 6.45) is 0.148. The first-order valence-electron chi connectivity index (χ1n) is 7.34. The summed E-state index contributed by atoms with van der Waals surface area (Å²) in [7, 11) is 0. The Morgan fingerprint density at radius 1 is 1.13 bits per heavy atom. The van der Waals surface area contributed by atoms with Gasteiger partial charge in [-0.2, -0.15) is 0 Å². The molecule has 2 N–H and O–H groups in total. The predicted octanol–water partition coefficient (Wildman–Crippen LogP) is 3.85. The summed E-state index contributed by atoms with van der Waals surface area (Å²) in [5.74, 6) is -0.363. The summed E-state index contributed by atoms with van der Waals surface area (Å²) in [5.41, 5.74) is 2.48. The molecule has 4 nitrogen and oxygen atoms in total. The molecule has 0 aliphatic carbocycles. The minimum Gasteiger partial charge on any atom is -0.349 e. The number of nitrogens with one attached hydrogen (secondary N) is 2. The zero-order valence-corrected chi connectivity index (χ0v) is 13.9. The third-order valence-electron chi connectivity index (χ3n) is 3.42. The average molecular weight is 331 g/mol. The number of halogens is 1. The molecular weight excluding hydrogens is 312 g/mol. The molecule has 0 radical (unpaired) electrons. The van der Waals surface area contributed by atoms with Gasteiger partial charge >= 0.3 is 0 Å². The van der Waals surface area contributed by atoms with Gasteiger partial charge in [0.2, 0.25) is 11.8 Å². The van der Waals surface area contributed by atoms with Gasteiger partial charge in [0, 0.05) is 17.6 Å². The van der Waals surface area contributed by atoms with E-state index in [1.165, 1.54) is 6.92 Å². The van der Waals surface area contributed by atoms with E-state index in [1.54, 1.807) is 12.1 Å². The maximum absolute atomic E-state index is 12.3. The van der Waals surface area contributed by atoms with Crippen LogP contribution in [-0.4, -0.2) is 11.8 Å². The zero-order chi connectivity index (χ0) is 16.8. The second-order valence-corrected chi connectivity index (χ2v) is 5.79. The van der Waals surface area contributed by atoms with Crippen LogP contribution in [0.1, 0.15) is 30.5 Å². The minimum absolute atomic E-state index is 0.148. The molecule has 0 saturated heterocycles. The van der Waals surface area contributed by atoms with Crippen molar-refractivity contribution in [1.29, 1.82) is 0 Å². The second kappa shape index (κ2) is 7.79. The number of hydrogen-bond donors (Lipinski definition) is 2. The van der Waals surface area contributed by atoms with Gasteiger partial charge < -0.3 is 10.6 Å². The molecule has 0 aliphatic rings. The fourth-order valence-corrected chi connectivity index (χ4v) is 2.43. The van der Waals surface area contributed by atoms with Crippen molar-refractivity contribution in [3.63, 3.8) is 0 Å². The van der Waals surface area contributed by atoms with Gasteiger partial charge in [-0.15, -0.1) is 0 Å². The molecule has 120 valence electrons. The SMILES string of the molecule is CC(=O)NC(CC(=O)Nc1ccc(C)c(Cl)c1)c1ccccc1. The number of benzene rings is 2. The zero-order valence-electron chi connectivity index (χ0n) is 13.1. The van der Waals surface area contributed by atoms with Crippen LogP contribution in [0.4, 0.5) is 5.69 Å². The first kappa shape index (κ1) is 17.0. The maximum atomic E-state index is 12.3. The van der Waals surface area contributed by atoms with Crippen molar-refractivity contribution in [2.24, 2.45) is 0 Å². The number of rotatable bonds is 5. The Labute approximate surface area is 140 Å². The van der Waals surface area contributed by atoms with Crippen molar-refractivity contribution in [3.05, 3.63) is 64.7 Å². The van der Waals surface area contributed by atoms with Crippen molar-refractivity contribution < 1.29 is 9.59 Å². The van der Waals surface area contributed by atoms with Crippen LogP contribution in [0, 0.1) is 6.92 Å². The highest BCUT2D eigenvalue weighted by Gasteiger charge is 2.17. The summed E-state index contributed by atoms with van der Waals surface area (Å²) in [4.78, 5) is 23.7. The van der Waals surface area contributed by atoms with E-state index in [4.69, 9.17) is 11.6 Å². The molecule has 0 bridgehead atoms. The van der Waals surface area contributed by atoms with Crippen LogP contribution in [0.15, 0.2) is 48.5 Å². The van der Waals surface area contributed by atoms with E-state index < -0.39 is 0 Å². The van der Waals surface area contributed by atoms with Crippen molar-refractivity contribution >= 4 is 29.1 Å². The van der Waals surface area contributed by atoms with Crippen molar-refractivity contribution in [2.75, 3.05) is 5.32 Å². The Morgan fingerprint density at radius 3 is 2.43 bits per heavy atom. The van der Waals surface area contributed by atoms with Gasteiger partial charge in [0.15, 0.2) is 0 Å². The summed E-state index contributed by atoms with van der Waals surface area (Å²) in [6.45, 7) is 3.34. The number of carbonyl (C=O) groups excluding carboxylic acids is 2. The second-order valence-electron chi connectivity index (χ2n) is 5.38. The van der Waals surface area contributed by atoms with Crippen LogP contribution in [0.5, 0.6) is 0 Å². The Kier molecular flexibility index (Phi) is 5.77. The standard InChI is InChI=1S/C18H19ClN2O2/c1-12-8-9-15(10-16(12)19)21-18(23)11-17(20-13(2)22)14-6-4-3-5-7-14/h3-10,17H,11H2,1-2H3,(H,20,22)(H,21,23). The lowest BCUT2D eigenvalue weighted by Crippen LogP contribution is -2.29. The molecule has 1 atom stereocenters. The van der Waals surface area contributed by atoms with Gasteiger partial charge in [0.25, 0.3) is 0 Å². The molecule has 2 rings (SSSR count). The lowest BCUT2D eigenvalue weighted by molar-refractivity contribution is -0.120. The third-order valence-corrected chi connectivity index (χ3v) is 3.83. The Balaban J connectivity index is 2.08. The van der Waals surface area contributed by atoms with Gasteiger partial charge in [-0.25, -0.2) is 0 Å². The topological polar surface area (TPSA) is 58.2 Å². The highest BCUT2D eigenvalue weighted by Crippen LogP contribution is 2.21. The van der Waals surface area contributed by atoms with Crippen molar-refractivity contribution in [3.8, 4) is 0 Å². The van der Waals surface area contributed by atoms with E-state index in [-0.39, 0.29) is 24.3 Å². The van der Waals surface area contributed by atoms with Crippen molar-refractivity contribution in [2.45, 2.75) is 26.3 Å². The quantitative estimate of drug-likeness (QED) is 0.874. The summed E-state index contributed by atoms with van der Waals surface area (Å²) in [6, 6.07) is 14.4. The maximum Gasteiger partial charge on any atom is 0.226 e. The molecule has 23 heavy (non-hydrogen) atoms. The fraction of sp³-hybridized carbons (Fsp3) is 0.222. The largest absolute Gasteiger partial charge is 0.349 e. The van der Waals surface area contributed by atoms with Crippen LogP contribution in [0.3, 0.4) is 0 Å². The number of amides is 2. The molecule has 0 aliphatic heterocycles. The van der Waals surface area contributed by atoms with Gasteiger partial charge in [-0.05, 0) is 30.2 Å². The van der Waals surface area contributed by atoms with E-state index in [0.29, 0.717) is 10.7 Å². The molecule has 2 aromatic carbocycles. The normalized spacial score (nSPS) is 11.6. The molecule has 0 aromatic heterocycles. The fourth-order valence-electron chi connectivity index (χ4n) is 2.25. The van der Waals surface area contributed by atoms with Crippen LogP contribution in [-0.2, 0) is 9.59 Å². The van der Waals surface area contributed by atoms with Gasteiger partial charge in [0.05, 0.1) is 12.5 Å². The van der Waals surface area contributed by atoms with Crippen LogP contribution >= 0.6 is 11.6 Å². The number of aryl methyl sites for hydroxylation is 1. The lowest BCUT2D eigenvalue weighted by atomic mass is 10.0. The number of hydrogen-bond acceptors (Lipinski definition) is 2. The van der Waals surface area contributed by atoms with E-state index in [2.05, 4.69) is 10.6 Å². The molecule has 2 aromatic rings. The van der Waals surface area contributed by atoms with Gasteiger partial charge in [-0.3, -0.25) is 9.59 Å². The molecule has 0 spiro atoms. The predicted molar refractivity (Wildman–Crippen MR) is 92.4 cm³/mol. The summed E-state index contributed by atoms with van der Waals surface area (Å²) >= 11 is 6.06. The molecule has 0 heterocycles. The van der Waals surface area contributed by atoms with Crippen molar-refractivity contribution in [1.82, 2.24) is 5.32 Å². The average Bonchev–Trinajstić information content (AvgIpc) is 2.51. The van der Waals surface area contributed by atoms with E-state index in [0.717, 1.165) is 11.1 Å². The highest BCUT2D eigenvalue weighted by molar-refractivity contribution is 6.31. The van der Waals surface area contributed by atoms with Crippen LogP contribution in [0.25, 0.3) is 0 Å². The lowest BCUT2D eigenvalue weighted by Gasteiger charge is -2.18. The molecule has 2 amide bonds. The number of carbonyl (C=O) groups is 2. The summed E-state index contributed by atoms with van der Waals surface area (Å²) in [5, 5.41) is 6.22. The third kappa shape index (κ3) is 5.11. The molecule has 0 fully saturated rings. The summed E-state index contributed by atoms with van der Waals surface area (Å²) < 4.78 is 0. The van der Waals surface area contributed by atoms with Gasteiger partial charge in [0.1, 0.15) is 0 Å². The Morgan fingerprint density at radius 2 is 1.83 bits per heavy atom. The van der Waals surface area contributed by atoms with Gasteiger partial charge in [-0.1, -0.05) is 48.0 Å². The first-order chi connectivity index (χ1) is 11.0. The van der Waals surface area contributed by atoms with E-state index in [1.807, 2.05) is 43.3 Å². The molecule has 5 heteroatoms. The van der Waals surface area contributed by atoms with Crippen LogP contribution < -0.4 is 10.6 Å². The Hall–Kier alpha value is -2.33.